The number of benzene rings is 2. The van der Waals surface area contributed by atoms with Crippen molar-refractivity contribution >= 4 is 44.3 Å². The summed E-state index contributed by atoms with van der Waals surface area (Å²) >= 11 is 1.37. The molecule has 1 fully saturated rings. The molecule has 34 heavy (non-hydrogen) atoms. The number of nitrogens with zero attached hydrogens (tertiary/aromatic N) is 2. The van der Waals surface area contributed by atoms with Crippen LogP contribution in [0.5, 0.6) is 0 Å². The van der Waals surface area contributed by atoms with Crippen molar-refractivity contribution in [1.29, 1.82) is 0 Å². The number of anilines is 1. The molecule has 0 unspecified atom stereocenters. The molecule has 0 atom stereocenters. The molecule has 180 valence electrons. The molecule has 0 bridgehead atoms. The van der Waals surface area contributed by atoms with E-state index in [1.54, 1.807) is 22.5 Å². The van der Waals surface area contributed by atoms with E-state index in [0.717, 1.165) is 51.1 Å². The second-order valence-corrected chi connectivity index (χ2v) is 12.1. The average molecular weight is 498 g/mol. The number of nitrogens with one attached hydrogen (secondary N) is 1. The highest BCUT2D eigenvalue weighted by Crippen LogP contribution is 2.29. The zero-order valence-electron chi connectivity index (χ0n) is 20.1. The topological polar surface area (TPSA) is 79.4 Å². The Labute approximate surface area is 206 Å². The van der Waals surface area contributed by atoms with Gasteiger partial charge in [0.1, 0.15) is 0 Å². The van der Waals surface area contributed by atoms with E-state index in [4.69, 9.17) is 0 Å². The van der Waals surface area contributed by atoms with Gasteiger partial charge in [-0.3, -0.25) is 4.79 Å². The molecular formula is C26H31N3O3S2. The Hall–Kier alpha value is -2.42. The maximum atomic E-state index is 13.1. The summed E-state index contributed by atoms with van der Waals surface area (Å²) in [5.41, 5.74) is 4.68. The number of aromatic nitrogens is 1. The van der Waals surface area contributed by atoms with E-state index in [2.05, 4.69) is 17.2 Å². The lowest BCUT2D eigenvalue weighted by molar-refractivity contribution is -0.113. The summed E-state index contributed by atoms with van der Waals surface area (Å²) in [6, 6.07) is 12.9. The van der Waals surface area contributed by atoms with E-state index in [-0.39, 0.29) is 11.7 Å². The third kappa shape index (κ3) is 5.29. The molecule has 0 saturated carbocycles. The Kier molecular flexibility index (Phi) is 7.31. The van der Waals surface area contributed by atoms with Crippen molar-refractivity contribution in [2.75, 3.05) is 24.2 Å². The van der Waals surface area contributed by atoms with Crippen LogP contribution < -0.4 is 5.32 Å². The molecule has 1 aliphatic heterocycles. The molecule has 0 spiro atoms. The van der Waals surface area contributed by atoms with Gasteiger partial charge in [0.2, 0.25) is 15.9 Å². The molecule has 1 N–H and O–H groups in total. The Morgan fingerprint density at radius 2 is 1.82 bits per heavy atom. The molecule has 1 aliphatic rings. The molecule has 4 rings (SSSR count). The van der Waals surface area contributed by atoms with Crippen LogP contribution in [0.25, 0.3) is 10.9 Å². The fourth-order valence-electron chi connectivity index (χ4n) is 4.16. The van der Waals surface area contributed by atoms with Crippen molar-refractivity contribution in [3.8, 4) is 0 Å². The zero-order chi connectivity index (χ0) is 24.5. The van der Waals surface area contributed by atoms with Gasteiger partial charge in [-0.1, -0.05) is 30.8 Å². The summed E-state index contributed by atoms with van der Waals surface area (Å²) in [4.78, 5) is 17.5. The van der Waals surface area contributed by atoms with Crippen LogP contribution in [0.4, 0.5) is 5.69 Å². The number of sulfonamides is 1. The van der Waals surface area contributed by atoms with Gasteiger partial charge >= 0.3 is 0 Å². The predicted octanol–water partition coefficient (Wildman–Crippen LogP) is 5.31. The minimum Gasteiger partial charge on any atom is -0.325 e. The number of piperidine rings is 1. The van der Waals surface area contributed by atoms with Crippen molar-refractivity contribution in [3.63, 3.8) is 0 Å². The van der Waals surface area contributed by atoms with Crippen LogP contribution in [-0.2, 0) is 14.8 Å². The fourth-order valence-corrected chi connectivity index (χ4v) is 6.43. The highest BCUT2D eigenvalue weighted by Gasteiger charge is 2.28. The van der Waals surface area contributed by atoms with Gasteiger partial charge in [-0.2, -0.15) is 4.31 Å². The van der Waals surface area contributed by atoms with Gasteiger partial charge in [0.25, 0.3) is 0 Å². The normalized spacial score (nSPS) is 15.5. The molecule has 1 amide bonds. The molecule has 3 aromatic rings. The molecule has 1 saturated heterocycles. The second-order valence-electron chi connectivity index (χ2n) is 9.13. The summed E-state index contributed by atoms with van der Waals surface area (Å²) in [7, 11) is -3.51. The molecule has 8 heteroatoms. The Morgan fingerprint density at radius 3 is 2.56 bits per heavy atom. The zero-order valence-corrected chi connectivity index (χ0v) is 21.7. The number of hydrogen-bond acceptors (Lipinski definition) is 5. The average Bonchev–Trinajstić information content (AvgIpc) is 2.81. The van der Waals surface area contributed by atoms with Gasteiger partial charge in [-0.05, 0) is 86.6 Å². The smallest absolute Gasteiger partial charge is 0.243 e. The van der Waals surface area contributed by atoms with Crippen LogP contribution in [0.1, 0.15) is 36.5 Å². The first-order valence-corrected chi connectivity index (χ1v) is 14.0. The largest absolute Gasteiger partial charge is 0.325 e. The summed E-state index contributed by atoms with van der Waals surface area (Å²) in [5, 5.41) is 4.53. The van der Waals surface area contributed by atoms with Crippen LogP contribution in [0, 0.1) is 26.7 Å². The molecule has 0 aliphatic carbocycles. The lowest BCUT2D eigenvalue weighted by atomic mass is 10.0. The van der Waals surface area contributed by atoms with E-state index >= 15 is 0 Å². The number of amides is 1. The van der Waals surface area contributed by atoms with Crippen molar-refractivity contribution in [2.24, 2.45) is 5.92 Å². The van der Waals surface area contributed by atoms with Crippen molar-refractivity contribution < 1.29 is 13.2 Å². The third-order valence-corrected chi connectivity index (χ3v) is 9.38. The lowest BCUT2D eigenvalue weighted by Gasteiger charge is -2.29. The maximum absolute atomic E-state index is 13.1. The van der Waals surface area contributed by atoms with Crippen LogP contribution in [0.15, 0.2) is 52.4 Å². The standard InChI is InChI=1S/C26H31N3O3S2/c1-17-10-12-29(13-11-17)34(31,32)21-8-9-24-22(15-21)19(3)14-26(28-24)33-16-25(30)27-23-7-5-6-18(2)20(23)4/h5-9,14-15,17H,10-13,16H2,1-4H3,(H,27,30). The molecule has 2 heterocycles. The Balaban J connectivity index is 1.48. The van der Waals surface area contributed by atoms with Gasteiger partial charge in [0.05, 0.1) is 21.2 Å². The number of fused-ring (bicyclic) bond motifs is 1. The first kappa shape index (κ1) is 24.7. The third-order valence-electron chi connectivity index (χ3n) is 6.57. The lowest BCUT2D eigenvalue weighted by Crippen LogP contribution is -2.37. The van der Waals surface area contributed by atoms with Gasteiger partial charge in [-0.15, -0.1) is 0 Å². The van der Waals surface area contributed by atoms with Crippen molar-refractivity contribution in [2.45, 2.75) is 50.5 Å². The van der Waals surface area contributed by atoms with Crippen molar-refractivity contribution in [3.05, 3.63) is 59.2 Å². The molecule has 6 nitrogen and oxygen atoms in total. The summed E-state index contributed by atoms with van der Waals surface area (Å²) in [5.74, 6) is 0.717. The van der Waals surface area contributed by atoms with E-state index in [1.165, 1.54) is 11.8 Å². The number of thioether (sulfide) groups is 1. The van der Waals surface area contributed by atoms with Gasteiger partial charge in [0.15, 0.2) is 0 Å². The number of pyridine rings is 1. The quantitative estimate of drug-likeness (QED) is 0.467. The monoisotopic (exact) mass is 497 g/mol. The number of carbonyl (C=O) groups is 1. The molecule has 2 aromatic carbocycles. The highest BCUT2D eigenvalue weighted by atomic mass is 32.2. The Bertz CT molecular complexity index is 1330. The van der Waals surface area contributed by atoms with Gasteiger partial charge in [0, 0.05) is 24.2 Å². The second kappa shape index (κ2) is 10.1. The maximum Gasteiger partial charge on any atom is 0.243 e. The number of hydrogen-bond donors (Lipinski definition) is 1. The van der Waals surface area contributed by atoms with E-state index < -0.39 is 10.0 Å². The van der Waals surface area contributed by atoms with E-state index in [1.807, 2.05) is 45.0 Å². The number of rotatable bonds is 6. The summed E-state index contributed by atoms with van der Waals surface area (Å²) in [6.07, 6.45) is 1.79. The van der Waals surface area contributed by atoms with Crippen molar-refractivity contribution in [1.82, 2.24) is 9.29 Å². The van der Waals surface area contributed by atoms with Gasteiger partial charge < -0.3 is 5.32 Å². The first-order valence-electron chi connectivity index (χ1n) is 11.6. The van der Waals surface area contributed by atoms with E-state index in [0.29, 0.717) is 23.9 Å². The number of carbonyl (C=O) groups excluding carboxylic acids is 1. The SMILES string of the molecule is Cc1cccc(NC(=O)CSc2cc(C)c3cc(S(=O)(=O)N4CCC(C)CC4)ccc3n2)c1C. The highest BCUT2D eigenvalue weighted by molar-refractivity contribution is 7.99. The van der Waals surface area contributed by atoms with E-state index in [9.17, 15) is 13.2 Å². The fraction of sp³-hybridized carbons (Fsp3) is 0.385. The summed E-state index contributed by atoms with van der Waals surface area (Å²) in [6.45, 7) is 9.26. The predicted molar refractivity (Wildman–Crippen MR) is 139 cm³/mol. The minimum absolute atomic E-state index is 0.0875. The van der Waals surface area contributed by atoms with Crippen LogP contribution in [-0.4, -0.2) is 42.5 Å². The van der Waals surface area contributed by atoms with Gasteiger partial charge in [-0.25, -0.2) is 13.4 Å². The first-order chi connectivity index (χ1) is 16.1. The van der Waals surface area contributed by atoms with Crippen LogP contribution >= 0.6 is 11.8 Å². The molecular weight excluding hydrogens is 466 g/mol. The van der Waals surface area contributed by atoms with Crippen LogP contribution in [0.3, 0.4) is 0 Å². The summed E-state index contributed by atoms with van der Waals surface area (Å²) < 4.78 is 27.9. The molecule has 0 radical (unpaired) electrons. The van der Waals surface area contributed by atoms with Crippen LogP contribution in [0.2, 0.25) is 0 Å². The molecule has 1 aromatic heterocycles. The Morgan fingerprint density at radius 1 is 1.09 bits per heavy atom. The number of aryl methyl sites for hydroxylation is 2. The minimum atomic E-state index is -3.51.